The number of hydrogen-bond acceptors (Lipinski definition) is 6. The number of carbonyl (C=O) groups is 2. The maximum atomic E-state index is 12.8. The first-order valence-corrected chi connectivity index (χ1v) is 8.49. The molecule has 2 aromatic rings. The van der Waals surface area contributed by atoms with E-state index in [0.717, 1.165) is 5.69 Å². The van der Waals surface area contributed by atoms with Gasteiger partial charge in [0, 0.05) is 17.4 Å². The van der Waals surface area contributed by atoms with Crippen molar-refractivity contribution in [3.05, 3.63) is 40.7 Å². The minimum atomic E-state index is -0.498. The lowest BCUT2D eigenvalue weighted by molar-refractivity contribution is 0.0525. The summed E-state index contributed by atoms with van der Waals surface area (Å²) in [5, 5.41) is 3.16. The molecule has 3 rings (SSSR count). The number of H-pyrrole nitrogens is 1. The van der Waals surface area contributed by atoms with E-state index in [1.54, 1.807) is 39.8 Å². The van der Waals surface area contributed by atoms with E-state index in [0.29, 0.717) is 34.0 Å². The highest BCUT2D eigenvalue weighted by Crippen LogP contribution is 2.34. The standard InChI is InChI=1S/C19H22N2O5/c1-5-24-19(23)16-10(2)17(21-11(16)3)18(22)12(4)20-13-6-7-14-15(8-13)26-9-25-14/h6-8,12,20-21H,5,9H2,1-4H3/t12-/m1/s1. The molecule has 0 spiro atoms. The van der Waals surface area contributed by atoms with Crippen LogP contribution in [0.1, 0.15) is 46.0 Å². The number of rotatable bonds is 6. The summed E-state index contributed by atoms with van der Waals surface area (Å²) in [5.41, 5.74) is 2.81. The Morgan fingerprint density at radius 2 is 2.00 bits per heavy atom. The van der Waals surface area contributed by atoms with Crippen LogP contribution in [0.4, 0.5) is 5.69 Å². The van der Waals surface area contributed by atoms with Crippen LogP contribution in [0, 0.1) is 13.8 Å². The van der Waals surface area contributed by atoms with Crippen LogP contribution >= 0.6 is 0 Å². The summed E-state index contributed by atoms with van der Waals surface area (Å²) >= 11 is 0. The Labute approximate surface area is 151 Å². The van der Waals surface area contributed by atoms with Crippen LogP contribution in [0.5, 0.6) is 11.5 Å². The molecular weight excluding hydrogens is 336 g/mol. The number of carbonyl (C=O) groups excluding carboxylic acids is 2. The molecule has 26 heavy (non-hydrogen) atoms. The Bertz CT molecular complexity index is 856. The van der Waals surface area contributed by atoms with Crippen molar-refractivity contribution in [2.24, 2.45) is 0 Å². The predicted molar refractivity (Wildman–Crippen MR) is 96.2 cm³/mol. The van der Waals surface area contributed by atoms with Gasteiger partial charge in [0.25, 0.3) is 0 Å². The highest BCUT2D eigenvalue weighted by atomic mass is 16.7. The molecule has 138 valence electrons. The number of benzene rings is 1. The molecule has 1 aliphatic heterocycles. The van der Waals surface area contributed by atoms with Gasteiger partial charge in [-0.3, -0.25) is 4.79 Å². The highest BCUT2D eigenvalue weighted by Gasteiger charge is 2.26. The van der Waals surface area contributed by atoms with E-state index in [-0.39, 0.29) is 19.2 Å². The van der Waals surface area contributed by atoms with E-state index in [4.69, 9.17) is 14.2 Å². The van der Waals surface area contributed by atoms with Crippen molar-refractivity contribution in [2.45, 2.75) is 33.7 Å². The van der Waals surface area contributed by atoms with Gasteiger partial charge >= 0.3 is 5.97 Å². The summed E-state index contributed by atoms with van der Waals surface area (Å²) in [6, 6.07) is 4.92. The summed E-state index contributed by atoms with van der Waals surface area (Å²) in [6.07, 6.45) is 0. The third-order valence-corrected chi connectivity index (χ3v) is 4.31. The zero-order valence-electron chi connectivity index (χ0n) is 15.3. The maximum absolute atomic E-state index is 12.8. The molecule has 1 atom stereocenters. The van der Waals surface area contributed by atoms with Crippen molar-refractivity contribution in [3.8, 4) is 11.5 Å². The summed E-state index contributed by atoms with van der Waals surface area (Å²) in [7, 11) is 0. The monoisotopic (exact) mass is 358 g/mol. The third-order valence-electron chi connectivity index (χ3n) is 4.31. The van der Waals surface area contributed by atoms with Gasteiger partial charge in [-0.15, -0.1) is 0 Å². The van der Waals surface area contributed by atoms with Gasteiger partial charge in [-0.05, 0) is 45.4 Å². The fourth-order valence-corrected chi connectivity index (χ4v) is 3.02. The SMILES string of the molecule is CCOC(=O)c1c(C)[nH]c(C(=O)[C@@H](C)Nc2ccc3c(c2)OCO3)c1C. The normalized spacial score (nSPS) is 13.4. The summed E-state index contributed by atoms with van der Waals surface area (Å²) < 4.78 is 15.7. The van der Waals surface area contributed by atoms with Gasteiger partial charge in [0.15, 0.2) is 11.5 Å². The molecule has 1 aromatic heterocycles. The zero-order valence-corrected chi connectivity index (χ0v) is 15.3. The number of esters is 1. The highest BCUT2D eigenvalue weighted by molar-refractivity contribution is 6.04. The molecule has 2 heterocycles. The Morgan fingerprint density at radius 3 is 2.73 bits per heavy atom. The van der Waals surface area contributed by atoms with E-state index in [2.05, 4.69) is 10.3 Å². The van der Waals surface area contributed by atoms with Crippen LogP contribution in [-0.4, -0.2) is 36.2 Å². The Hall–Kier alpha value is -2.96. The number of aryl methyl sites for hydroxylation is 1. The summed E-state index contributed by atoms with van der Waals surface area (Å²) in [5.74, 6) is 0.767. The molecule has 0 fully saturated rings. The second-order valence-corrected chi connectivity index (χ2v) is 6.14. The summed E-state index contributed by atoms with van der Waals surface area (Å²) in [6.45, 7) is 7.51. The van der Waals surface area contributed by atoms with Crippen molar-refractivity contribution >= 4 is 17.4 Å². The van der Waals surface area contributed by atoms with Crippen LogP contribution in [0.25, 0.3) is 0 Å². The van der Waals surface area contributed by atoms with Gasteiger partial charge in [-0.1, -0.05) is 0 Å². The van der Waals surface area contributed by atoms with Gasteiger partial charge in [0.1, 0.15) is 0 Å². The molecule has 7 nitrogen and oxygen atoms in total. The largest absolute Gasteiger partial charge is 0.462 e. The van der Waals surface area contributed by atoms with Crippen LogP contribution < -0.4 is 14.8 Å². The molecular formula is C19H22N2O5. The smallest absolute Gasteiger partial charge is 0.340 e. The lowest BCUT2D eigenvalue weighted by atomic mass is 10.0. The molecule has 1 aliphatic rings. The average Bonchev–Trinajstić information content (AvgIpc) is 3.18. The first kappa shape index (κ1) is 17.8. The molecule has 7 heteroatoms. The molecule has 0 unspecified atom stereocenters. The van der Waals surface area contributed by atoms with E-state index in [9.17, 15) is 9.59 Å². The van der Waals surface area contributed by atoms with Gasteiger partial charge < -0.3 is 24.5 Å². The number of anilines is 1. The van der Waals surface area contributed by atoms with Crippen molar-refractivity contribution in [3.63, 3.8) is 0 Å². The molecule has 0 aliphatic carbocycles. The van der Waals surface area contributed by atoms with E-state index in [1.807, 2.05) is 6.07 Å². The van der Waals surface area contributed by atoms with Gasteiger partial charge in [-0.25, -0.2) is 4.79 Å². The Balaban J connectivity index is 1.78. The molecule has 0 saturated carbocycles. The first-order valence-electron chi connectivity index (χ1n) is 8.49. The Morgan fingerprint density at radius 1 is 1.27 bits per heavy atom. The number of hydrogen-bond donors (Lipinski definition) is 2. The number of ether oxygens (including phenoxy) is 3. The number of ketones is 1. The Kier molecular flexibility index (Phi) is 4.88. The second-order valence-electron chi connectivity index (χ2n) is 6.14. The number of aromatic amines is 1. The lowest BCUT2D eigenvalue weighted by Crippen LogP contribution is -2.27. The van der Waals surface area contributed by atoms with Gasteiger partial charge in [0.2, 0.25) is 12.6 Å². The number of fused-ring (bicyclic) bond motifs is 1. The van der Waals surface area contributed by atoms with Crippen molar-refractivity contribution in [1.82, 2.24) is 4.98 Å². The zero-order chi connectivity index (χ0) is 18.8. The van der Waals surface area contributed by atoms with E-state index >= 15 is 0 Å². The molecule has 0 saturated heterocycles. The molecule has 0 bridgehead atoms. The van der Waals surface area contributed by atoms with E-state index < -0.39 is 12.0 Å². The average molecular weight is 358 g/mol. The number of Topliss-reactive ketones (excluding diaryl/α,β-unsaturated/α-hetero) is 1. The minimum absolute atomic E-state index is 0.140. The predicted octanol–water partition coefficient (Wildman–Crippen LogP) is 3.22. The van der Waals surface area contributed by atoms with Gasteiger partial charge in [0.05, 0.1) is 23.9 Å². The summed E-state index contributed by atoms with van der Waals surface area (Å²) in [4.78, 5) is 28.0. The lowest BCUT2D eigenvalue weighted by Gasteiger charge is -2.14. The van der Waals surface area contributed by atoms with Crippen LogP contribution in [-0.2, 0) is 4.74 Å². The third kappa shape index (κ3) is 3.24. The van der Waals surface area contributed by atoms with Crippen LogP contribution in [0.2, 0.25) is 0 Å². The van der Waals surface area contributed by atoms with Crippen LogP contribution in [0.3, 0.4) is 0 Å². The second kappa shape index (κ2) is 7.11. The fourth-order valence-electron chi connectivity index (χ4n) is 3.02. The van der Waals surface area contributed by atoms with Gasteiger partial charge in [-0.2, -0.15) is 0 Å². The topological polar surface area (TPSA) is 89.7 Å². The van der Waals surface area contributed by atoms with E-state index in [1.165, 1.54) is 0 Å². The first-order chi connectivity index (χ1) is 12.4. The number of nitrogens with one attached hydrogen (secondary N) is 2. The van der Waals surface area contributed by atoms with Crippen molar-refractivity contribution < 1.29 is 23.8 Å². The van der Waals surface area contributed by atoms with Crippen molar-refractivity contribution in [2.75, 3.05) is 18.7 Å². The fraction of sp³-hybridized carbons (Fsp3) is 0.368. The minimum Gasteiger partial charge on any atom is -0.462 e. The quantitative estimate of drug-likeness (QED) is 0.609. The maximum Gasteiger partial charge on any atom is 0.340 e. The van der Waals surface area contributed by atoms with Crippen LogP contribution in [0.15, 0.2) is 18.2 Å². The molecule has 0 radical (unpaired) electrons. The molecule has 0 amide bonds. The molecule has 2 N–H and O–H groups in total. The molecule has 1 aromatic carbocycles. The number of aromatic nitrogens is 1. The van der Waals surface area contributed by atoms with Crippen molar-refractivity contribution in [1.29, 1.82) is 0 Å².